The number of ether oxygens (including phenoxy) is 4. The molecule has 4 aliphatic rings. The molecule has 0 amide bonds. The van der Waals surface area contributed by atoms with Gasteiger partial charge in [0.25, 0.3) is 0 Å². The van der Waals surface area contributed by atoms with Crippen molar-refractivity contribution in [2.24, 2.45) is 0 Å². The summed E-state index contributed by atoms with van der Waals surface area (Å²) >= 11 is 0. The van der Waals surface area contributed by atoms with Crippen LogP contribution in [0.1, 0.15) is 12.8 Å². The van der Waals surface area contributed by atoms with Crippen LogP contribution < -0.4 is 0 Å². The van der Waals surface area contributed by atoms with Crippen LogP contribution >= 0.6 is 0 Å². The molecular formula is C16H30O5Si2. The second-order valence-electron chi connectivity index (χ2n) is 8.88. The minimum absolute atomic E-state index is 0.399. The number of rotatable bonds is 10. The molecule has 4 heterocycles. The van der Waals surface area contributed by atoms with Crippen LogP contribution in [0.2, 0.25) is 38.3 Å². The Morgan fingerprint density at radius 3 is 1.57 bits per heavy atom. The summed E-state index contributed by atoms with van der Waals surface area (Å²) in [5, 5.41) is 0. The van der Waals surface area contributed by atoms with Crippen LogP contribution in [0.4, 0.5) is 0 Å². The van der Waals surface area contributed by atoms with Gasteiger partial charge in [-0.05, 0) is 38.3 Å². The molecule has 0 bridgehead atoms. The molecule has 0 saturated carbocycles. The highest BCUT2D eigenvalue weighted by molar-refractivity contribution is 6.85. The van der Waals surface area contributed by atoms with Crippen molar-refractivity contribution in [3.63, 3.8) is 0 Å². The van der Waals surface area contributed by atoms with Crippen molar-refractivity contribution in [1.29, 1.82) is 0 Å². The maximum Gasteiger partial charge on any atom is 0.181 e. The molecule has 0 aromatic rings. The van der Waals surface area contributed by atoms with Gasteiger partial charge in [0.2, 0.25) is 0 Å². The summed E-state index contributed by atoms with van der Waals surface area (Å²) < 4.78 is 29.2. The molecule has 132 valence electrons. The van der Waals surface area contributed by atoms with Gasteiger partial charge in [-0.2, -0.15) is 0 Å². The first-order chi connectivity index (χ1) is 10.8. The van der Waals surface area contributed by atoms with Gasteiger partial charge in [-0.25, -0.2) is 0 Å². The SMILES string of the molecule is C[Si](C)(C)O[Si](C)(CC1OC1CC1CO1)CC1OC1CC1CO1. The number of hydrogen-bond donors (Lipinski definition) is 0. The maximum atomic E-state index is 6.72. The van der Waals surface area contributed by atoms with Crippen LogP contribution in [0, 0.1) is 0 Å². The van der Waals surface area contributed by atoms with Crippen molar-refractivity contribution in [1.82, 2.24) is 0 Å². The van der Waals surface area contributed by atoms with Gasteiger partial charge in [-0.15, -0.1) is 0 Å². The van der Waals surface area contributed by atoms with E-state index in [0.29, 0.717) is 36.6 Å². The molecule has 23 heavy (non-hydrogen) atoms. The summed E-state index contributed by atoms with van der Waals surface area (Å²) in [5.74, 6) is 0. The monoisotopic (exact) mass is 358 g/mol. The molecule has 4 fully saturated rings. The third kappa shape index (κ3) is 5.10. The van der Waals surface area contributed by atoms with E-state index in [-0.39, 0.29) is 0 Å². The van der Waals surface area contributed by atoms with Gasteiger partial charge in [0, 0.05) is 12.8 Å². The van der Waals surface area contributed by atoms with E-state index in [1.807, 2.05) is 0 Å². The Morgan fingerprint density at radius 1 is 0.783 bits per heavy atom. The van der Waals surface area contributed by atoms with Crippen LogP contribution in [0.5, 0.6) is 0 Å². The highest BCUT2D eigenvalue weighted by Gasteiger charge is 2.53. The van der Waals surface area contributed by atoms with E-state index in [9.17, 15) is 0 Å². The van der Waals surface area contributed by atoms with Gasteiger partial charge in [-0.1, -0.05) is 0 Å². The fourth-order valence-electron chi connectivity index (χ4n) is 3.82. The van der Waals surface area contributed by atoms with Crippen molar-refractivity contribution in [2.45, 2.75) is 87.7 Å². The minimum Gasteiger partial charge on any atom is -0.455 e. The average molecular weight is 359 g/mol. The summed E-state index contributed by atoms with van der Waals surface area (Å²) in [6, 6.07) is 2.22. The summed E-state index contributed by atoms with van der Waals surface area (Å²) in [7, 11) is -3.35. The van der Waals surface area contributed by atoms with Gasteiger partial charge in [-0.3, -0.25) is 0 Å². The summed E-state index contributed by atoms with van der Waals surface area (Å²) in [6.45, 7) is 11.1. The zero-order chi connectivity index (χ0) is 16.2. The molecule has 4 saturated heterocycles. The van der Waals surface area contributed by atoms with E-state index in [1.54, 1.807) is 0 Å². The smallest absolute Gasteiger partial charge is 0.181 e. The van der Waals surface area contributed by atoms with Crippen LogP contribution in [0.25, 0.3) is 0 Å². The van der Waals surface area contributed by atoms with Gasteiger partial charge in [0.15, 0.2) is 16.6 Å². The predicted octanol–water partition coefficient (Wildman–Crippen LogP) is 2.53. The molecule has 0 N–H and O–H groups in total. The normalized spacial score (nSPS) is 43.8. The molecule has 4 rings (SSSR count). The number of hydrogen-bond acceptors (Lipinski definition) is 5. The molecule has 5 nitrogen and oxygen atoms in total. The van der Waals surface area contributed by atoms with Gasteiger partial charge in [0.05, 0.1) is 49.8 Å². The lowest BCUT2D eigenvalue weighted by atomic mass is 10.2. The first-order valence-electron chi connectivity index (χ1n) is 9.04. The predicted molar refractivity (Wildman–Crippen MR) is 91.7 cm³/mol. The summed E-state index contributed by atoms with van der Waals surface area (Å²) in [5.41, 5.74) is 0. The zero-order valence-electron chi connectivity index (χ0n) is 14.7. The zero-order valence-corrected chi connectivity index (χ0v) is 16.7. The molecule has 0 aromatic heterocycles. The fourth-order valence-corrected chi connectivity index (χ4v) is 13.0. The largest absolute Gasteiger partial charge is 0.455 e. The second-order valence-corrected chi connectivity index (χ2v) is 17.6. The lowest BCUT2D eigenvalue weighted by molar-refractivity contribution is 0.331. The first-order valence-corrected chi connectivity index (χ1v) is 15.3. The molecular weight excluding hydrogens is 328 g/mol. The third-order valence-corrected chi connectivity index (χ3v) is 11.9. The highest BCUT2D eigenvalue weighted by atomic mass is 28.4. The summed E-state index contributed by atoms with van der Waals surface area (Å²) in [4.78, 5) is 0. The molecule has 0 aromatic carbocycles. The van der Waals surface area contributed by atoms with Crippen LogP contribution in [-0.4, -0.2) is 66.5 Å². The van der Waals surface area contributed by atoms with Gasteiger partial charge in [0.1, 0.15) is 0 Å². The molecule has 6 unspecified atom stereocenters. The Hall–Kier alpha value is 0.234. The molecule has 0 aliphatic carbocycles. The Bertz CT molecular complexity index is 416. The van der Waals surface area contributed by atoms with E-state index in [4.69, 9.17) is 23.1 Å². The van der Waals surface area contributed by atoms with Crippen LogP contribution in [0.3, 0.4) is 0 Å². The van der Waals surface area contributed by atoms with Crippen LogP contribution in [0.15, 0.2) is 0 Å². The molecule has 4 aliphatic heterocycles. The quantitative estimate of drug-likeness (QED) is 0.444. The van der Waals surface area contributed by atoms with Crippen molar-refractivity contribution in [2.75, 3.05) is 13.2 Å². The molecule has 6 atom stereocenters. The lowest BCUT2D eigenvalue weighted by Crippen LogP contribution is -2.46. The Balaban J connectivity index is 1.30. The molecule has 0 spiro atoms. The first kappa shape index (κ1) is 16.7. The van der Waals surface area contributed by atoms with Gasteiger partial charge >= 0.3 is 0 Å². The van der Waals surface area contributed by atoms with Crippen molar-refractivity contribution in [3.05, 3.63) is 0 Å². The van der Waals surface area contributed by atoms with Crippen LogP contribution in [-0.2, 0) is 23.1 Å². The fraction of sp³-hybridized carbons (Fsp3) is 1.00. The summed E-state index contributed by atoms with van der Waals surface area (Å²) in [6.07, 6.45) is 4.70. The molecule has 7 heteroatoms. The Kier molecular flexibility index (Phi) is 4.28. The average Bonchev–Trinajstić information content (AvgIpc) is 3.22. The van der Waals surface area contributed by atoms with E-state index in [2.05, 4.69) is 26.2 Å². The van der Waals surface area contributed by atoms with Crippen molar-refractivity contribution >= 4 is 16.6 Å². The third-order valence-electron chi connectivity index (χ3n) is 4.99. The standard InChI is InChI=1S/C16H30O5Si2/c1-22(2,3)21-23(4,9-15-13(19-15)5-11-7-17-11)10-16-14(20-16)6-12-8-18-12/h11-16H,5-10H2,1-4H3. The van der Waals surface area contributed by atoms with E-state index in [1.165, 1.54) is 0 Å². The second kappa shape index (κ2) is 5.90. The minimum atomic E-state index is -1.80. The van der Waals surface area contributed by atoms with Crippen molar-refractivity contribution in [3.8, 4) is 0 Å². The van der Waals surface area contributed by atoms with Gasteiger partial charge < -0.3 is 23.1 Å². The Labute approximate surface area is 141 Å². The van der Waals surface area contributed by atoms with E-state index in [0.717, 1.165) is 38.1 Å². The van der Waals surface area contributed by atoms with Crippen molar-refractivity contribution < 1.29 is 23.1 Å². The van der Waals surface area contributed by atoms with E-state index >= 15 is 0 Å². The highest BCUT2D eigenvalue weighted by Crippen LogP contribution is 2.42. The topological polar surface area (TPSA) is 59.4 Å². The Morgan fingerprint density at radius 2 is 1.22 bits per heavy atom. The lowest BCUT2D eigenvalue weighted by Gasteiger charge is -2.34. The van der Waals surface area contributed by atoms with E-state index < -0.39 is 16.6 Å². The maximum absolute atomic E-state index is 6.72. The molecule has 0 radical (unpaired) electrons. The number of epoxide rings is 4.